The van der Waals surface area contributed by atoms with Crippen molar-refractivity contribution in [1.82, 2.24) is 0 Å². The lowest BCUT2D eigenvalue weighted by molar-refractivity contribution is 0.0937. The molecule has 0 amide bonds. The summed E-state index contributed by atoms with van der Waals surface area (Å²) in [7, 11) is -2.76. The third-order valence-corrected chi connectivity index (χ3v) is 6.31. The maximum absolute atomic E-state index is 11.5. The Kier molecular flexibility index (Phi) is 1.35. The molecule has 4 heteroatoms. The predicted octanol–water partition coefficient (Wildman–Crippen LogP) is 1.49. The molecule has 3 aliphatic carbocycles. The Bertz CT molecular complexity index is 274. The Morgan fingerprint density at radius 3 is 2.09 bits per heavy atom. The molecule has 0 aromatic heterocycles. The van der Waals surface area contributed by atoms with E-state index in [1.54, 1.807) is 6.92 Å². The Morgan fingerprint density at radius 1 is 1.36 bits per heavy atom. The molecule has 0 aromatic carbocycles. The molecule has 64 valence electrons. The van der Waals surface area contributed by atoms with Crippen LogP contribution in [0.5, 0.6) is 0 Å². The second-order valence-electron chi connectivity index (χ2n) is 3.77. The minimum atomic E-state index is -2.76. The van der Waals surface area contributed by atoms with Crippen molar-refractivity contribution in [3.63, 3.8) is 0 Å². The average Bonchev–Trinajstić information content (AvgIpc) is 1.79. The van der Waals surface area contributed by atoms with Crippen LogP contribution >= 0.6 is 15.9 Å². The van der Waals surface area contributed by atoms with Crippen LogP contribution in [0.2, 0.25) is 0 Å². The highest BCUT2D eigenvalue weighted by molar-refractivity contribution is 9.10. The maximum atomic E-state index is 11.5. The van der Waals surface area contributed by atoms with Gasteiger partial charge >= 0.3 is 0 Å². The van der Waals surface area contributed by atoms with Gasteiger partial charge in [-0.05, 0) is 19.3 Å². The standard InChI is InChI=1S/C7H11BrO2S/c1-2-11(9,10)7-3-6(8,4-7)5-7/h2-5H2,1H3. The first-order chi connectivity index (χ1) is 4.93. The van der Waals surface area contributed by atoms with Crippen LogP contribution < -0.4 is 0 Å². The fourth-order valence-electron chi connectivity index (χ4n) is 2.21. The predicted molar refractivity (Wildman–Crippen MR) is 47.7 cm³/mol. The molecular weight excluding hydrogens is 228 g/mol. The Balaban J connectivity index is 2.22. The van der Waals surface area contributed by atoms with E-state index in [1.165, 1.54) is 0 Å². The summed E-state index contributed by atoms with van der Waals surface area (Å²) in [5.41, 5.74) is 0. The first kappa shape index (κ1) is 8.05. The molecule has 0 N–H and O–H groups in total. The SMILES string of the molecule is CCS(=O)(=O)C12CC(Br)(C1)C2. The quantitative estimate of drug-likeness (QED) is 0.684. The van der Waals surface area contributed by atoms with E-state index in [0.29, 0.717) is 5.75 Å². The smallest absolute Gasteiger partial charge is 0.155 e. The Morgan fingerprint density at radius 2 is 1.82 bits per heavy atom. The van der Waals surface area contributed by atoms with Gasteiger partial charge in [0.1, 0.15) is 0 Å². The Hall–Kier alpha value is 0.430. The van der Waals surface area contributed by atoms with E-state index < -0.39 is 9.84 Å². The molecule has 2 bridgehead atoms. The van der Waals surface area contributed by atoms with Crippen molar-refractivity contribution in [3.05, 3.63) is 0 Å². The highest BCUT2D eigenvalue weighted by Crippen LogP contribution is 2.69. The molecule has 0 radical (unpaired) electrons. The molecule has 3 saturated carbocycles. The normalized spacial score (nSPS) is 47.8. The van der Waals surface area contributed by atoms with Gasteiger partial charge in [-0.3, -0.25) is 0 Å². The van der Waals surface area contributed by atoms with E-state index >= 15 is 0 Å². The van der Waals surface area contributed by atoms with Gasteiger partial charge < -0.3 is 0 Å². The highest BCUT2D eigenvalue weighted by atomic mass is 79.9. The van der Waals surface area contributed by atoms with Crippen molar-refractivity contribution >= 4 is 25.8 Å². The van der Waals surface area contributed by atoms with Gasteiger partial charge in [0.25, 0.3) is 0 Å². The van der Waals surface area contributed by atoms with Gasteiger partial charge in [-0.1, -0.05) is 22.9 Å². The van der Waals surface area contributed by atoms with E-state index in [9.17, 15) is 8.42 Å². The second kappa shape index (κ2) is 1.84. The number of rotatable bonds is 2. The lowest BCUT2D eigenvalue weighted by Crippen LogP contribution is -2.72. The molecule has 0 spiro atoms. The van der Waals surface area contributed by atoms with Gasteiger partial charge in [0.2, 0.25) is 0 Å². The first-order valence-corrected chi connectivity index (χ1v) is 6.29. The summed E-state index contributed by atoms with van der Waals surface area (Å²) in [6.45, 7) is 1.73. The van der Waals surface area contributed by atoms with Gasteiger partial charge in [0.15, 0.2) is 9.84 Å². The minimum absolute atomic E-state index is 0.218. The topological polar surface area (TPSA) is 34.1 Å². The zero-order chi connectivity index (χ0) is 8.33. The number of sulfone groups is 1. The van der Waals surface area contributed by atoms with E-state index in [-0.39, 0.29) is 9.07 Å². The number of hydrogen-bond acceptors (Lipinski definition) is 2. The summed E-state index contributed by atoms with van der Waals surface area (Å²) in [5.74, 6) is 0.302. The van der Waals surface area contributed by atoms with Crippen LogP contribution in [0.3, 0.4) is 0 Å². The summed E-state index contributed by atoms with van der Waals surface area (Å²) >= 11 is 3.52. The van der Waals surface area contributed by atoms with E-state index in [1.807, 2.05) is 0 Å². The van der Waals surface area contributed by atoms with Gasteiger partial charge in [-0.25, -0.2) is 8.42 Å². The number of alkyl halides is 1. The maximum Gasteiger partial charge on any atom is 0.155 e. The lowest BCUT2D eigenvalue weighted by atomic mass is 9.55. The summed E-state index contributed by atoms with van der Waals surface area (Å²) < 4.78 is 22.8. The summed E-state index contributed by atoms with van der Waals surface area (Å²) in [6, 6.07) is 0. The molecule has 0 heterocycles. The molecule has 0 saturated heterocycles. The summed E-state index contributed by atoms with van der Waals surface area (Å²) in [5, 5.41) is 0. The van der Waals surface area contributed by atoms with Crippen LogP contribution in [0.4, 0.5) is 0 Å². The van der Waals surface area contributed by atoms with Crippen LogP contribution in [0.15, 0.2) is 0 Å². The van der Waals surface area contributed by atoms with Crippen molar-refractivity contribution in [2.75, 3.05) is 5.75 Å². The summed E-state index contributed by atoms with van der Waals surface area (Å²) in [6.07, 6.45) is 2.53. The zero-order valence-electron chi connectivity index (χ0n) is 6.43. The molecule has 3 aliphatic rings. The van der Waals surface area contributed by atoms with Crippen LogP contribution in [0.25, 0.3) is 0 Å². The monoisotopic (exact) mass is 238 g/mol. The number of halogens is 1. The van der Waals surface area contributed by atoms with Gasteiger partial charge in [-0.2, -0.15) is 0 Å². The number of hydrogen-bond donors (Lipinski definition) is 0. The van der Waals surface area contributed by atoms with Crippen LogP contribution in [0, 0.1) is 0 Å². The summed E-state index contributed by atoms with van der Waals surface area (Å²) in [4.78, 5) is 0. The molecule has 0 atom stereocenters. The molecule has 2 nitrogen and oxygen atoms in total. The largest absolute Gasteiger partial charge is 0.228 e. The molecule has 0 aromatic rings. The second-order valence-corrected chi connectivity index (χ2v) is 8.12. The fourth-order valence-corrected chi connectivity index (χ4v) is 6.48. The Labute approximate surface area is 75.4 Å². The third-order valence-electron chi connectivity index (χ3n) is 2.96. The van der Waals surface area contributed by atoms with Crippen LogP contribution in [0.1, 0.15) is 26.2 Å². The molecule has 3 fully saturated rings. The third kappa shape index (κ3) is 0.800. The van der Waals surface area contributed by atoms with Crippen LogP contribution in [-0.4, -0.2) is 23.2 Å². The van der Waals surface area contributed by atoms with Gasteiger partial charge in [0, 0.05) is 10.1 Å². The van der Waals surface area contributed by atoms with Crippen molar-refractivity contribution in [2.45, 2.75) is 35.3 Å². The molecular formula is C7H11BrO2S. The van der Waals surface area contributed by atoms with Crippen molar-refractivity contribution in [1.29, 1.82) is 0 Å². The minimum Gasteiger partial charge on any atom is -0.228 e. The first-order valence-electron chi connectivity index (χ1n) is 3.84. The van der Waals surface area contributed by atoms with Gasteiger partial charge in [-0.15, -0.1) is 0 Å². The highest BCUT2D eigenvalue weighted by Gasteiger charge is 2.72. The van der Waals surface area contributed by atoms with Gasteiger partial charge in [0.05, 0.1) is 4.75 Å². The molecule has 0 aliphatic heterocycles. The van der Waals surface area contributed by atoms with Crippen LogP contribution in [-0.2, 0) is 9.84 Å². The van der Waals surface area contributed by atoms with Crippen molar-refractivity contribution < 1.29 is 8.42 Å². The van der Waals surface area contributed by atoms with Crippen molar-refractivity contribution in [3.8, 4) is 0 Å². The van der Waals surface area contributed by atoms with E-state index in [0.717, 1.165) is 19.3 Å². The molecule has 3 rings (SSSR count). The molecule has 11 heavy (non-hydrogen) atoms. The fraction of sp³-hybridized carbons (Fsp3) is 1.00. The van der Waals surface area contributed by atoms with E-state index in [2.05, 4.69) is 15.9 Å². The average molecular weight is 239 g/mol. The van der Waals surface area contributed by atoms with Crippen molar-refractivity contribution in [2.24, 2.45) is 0 Å². The lowest BCUT2D eigenvalue weighted by Gasteiger charge is -2.66. The van der Waals surface area contributed by atoms with E-state index in [4.69, 9.17) is 0 Å². The zero-order valence-corrected chi connectivity index (χ0v) is 8.83. The molecule has 0 unspecified atom stereocenters.